The van der Waals surface area contributed by atoms with Gasteiger partial charge in [0.05, 0.1) is 16.3 Å². The molecule has 10 heteroatoms. The van der Waals surface area contributed by atoms with Crippen LogP contribution in [0.1, 0.15) is 58.2 Å². The Balaban J connectivity index is 1.79. The van der Waals surface area contributed by atoms with E-state index in [-0.39, 0.29) is 24.4 Å². The van der Waals surface area contributed by atoms with Gasteiger partial charge in [0.25, 0.3) is 11.6 Å². The molecule has 10 nitrogen and oxygen atoms in total. The standard InChI is InChI=1S/C28H37N5O5/c1-20(2)8-7-9-21(3)13-16-32-26-12-11-24(33(37)38)18-25(26)28(36,27(32)35)22(4)10-5-6-15-31-19-23(14-17-34)29-30-31/h5,8,10-13,18-19,22,34,36H,6-7,9,14-17H2,1-4H3/b10-5+,21-13+/t22-,28+/m0/s1. The maximum absolute atomic E-state index is 13.6. The summed E-state index contributed by atoms with van der Waals surface area (Å²) in [4.78, 5) is 26.1. The first-order chi connectivity index (χ1) is 18.1. The summed E-state index contributed by atoms with van der Waals surface area (Å²) in [5.74, 6) is -1.13. The number of aliphatic hydroxyl groups excluding tert-OH is 1. The molecule has 3 rings (SSSR count). The zero-order valence-corrected chi connectivity index (χ0v) is 22.5. The van der Waals surface area contributed by atoms with E-state index in [9.17, 15) is 20.0 Å². The second kappa shape index (κ2) is 12.7. The van der Waals surface area contributed by atoms with Gasteiger partial charge >= 0.3 is 0 Å². The molecule has 2 aromatic rings. The number of hydrogen-bond donors (Lipinski definition) is 2. The van der Waals surface area contributed by atoms with E-state index in [1.54, 1.807) is 29.9 Å². The van der Waals surface area contributed by atoms with Crippen LogP contribution in [-0.4, -0.2) is 49.2 Å². The normalized spacial score (nSPS) is 18.2. The van der Waals surface area contributed by atoms with Gasteiger partial charge in [0.2, 0.25) is 0 Å². The van der Waals surface area contributed by atoms with Gasteiger partial charge in [0.15, 0.2) is 5.60 Å². The molecule has 2 N–H and O–H groups in total. The van der Waals surface area contributed by atoms with Crippen molar-refractivity contribution >= 4 is 17.3 Å². The maximum Gasteiger partial charge on any atom is 0.269 e. The van der Waals surface area contributed by atoms with Crippen LogP contribution in [0.25, 0.3) is 0 Å². The highest BCUT2D eigenvalue weighted by atomic mass is 16.6. The van der Waals surface area contributed by atoms with Crippen molar-refractivity contribution in [2.24, 2.45) is 5.92 Å². The molecule has 0 unspecified atom stereocenters. The lowest BCUT2D eigenvalue weighted by Crippen LogP contribution is -2.44. The summed E-state index contributed by atoms with van der Waals surface area (Å²) in [6.45, 7) is 8.66. The number of non-ortho nitro benzene ring substituents is 1. The van der Waals surface area contributed by atoms with E-state index >= 15 is 0 Å². The molecule has 1 amide bonds. The highest BCUT2D eigenvalue weighted by Gasteiger charge is 2.52. The largest absolute Gasteiger partial charge is 0.396 e. The molecule has 0 aliphatic carbocycles. The summed E-state index contributed by atoms with van der Waals surface area (Å²) in [5.41, 5.74) is 1.70. The fourth-order valence-corrected chi connectivity index (χ4v) is 4.49. The number of aliphatic hydroxyl groups is 2. The predicted octanol–water partition coefficient (Wildman–Crippen LogP) is 4.23. The van der Waals surface area contributed by atoms with E-state index in [2.05, 4.69) is 30.2 Å². The quantitative estimate of drug-likeness (QED) is 0.228. The average molecular weight is 524 g/mol. The van der Waals surface area contributed by atoms with Crippen molar-refractivity contribution in [1.29, 1.82) is 0 Å². The molecular formula is C28H37N5O5. The van der Waals surface area contributed by atoms with Crippen LogP contribution in [0.4, 0.5) is 11.4 Å². The van der Waals surface area contributed by atoms with Crippen molar-refractivity contribution < 1.29 is 19.9 Å². The minimum absolute atomic E-state index is 0.00460. The number of fused-ring (bicyclic) bond motifs is 1. The molecule has 1 aromatic carbocycles. The number of nitro benzene ring substituents is 1. The number of hydrogen-bond acceptors (Lipinski definition) is 7. The number of carbonyl (C=O) groups excluding carboxylic acids is 1. The number of rotatable bonds is 13. The first-order valence-electron chi connectivity index (χ1n) is 12.9. The van der Waals surface area contributed by atoms with Crippen LogP contribution in [0.15, 0.2) is 59.8 Å². The van der Waals surface area contributed by atoms with Gasteiger partial charge in [0, 0.05) is 55.9 Å². The average Bonchev–Trinajstić information content (AvgIpc) is 3.41. The SMILES string of the molecule is CC(C)=CCC/C(C)=C/CN1C(=O)[C@@](O)([C@@H](C)/C=C/CCn2cc(CCO)nn2)c2cc([N+](=O)[O-])ccc21. The molecule has 1 aliphatic rings. The number of allylic oxidation sites excluding steroid dienone is 4. The van der Waals surface area contributed by atoms with Crippen molar-refractivity contribution in [3.8, 4) is 0 Å². The van der Waals surface area contributed by atoms with E-state index in [1.807, 2.05) is 19.1 Å². The molecule has 0 bridgehead atoms. The highest BCUT2D eigenvalue weighted by molar-refractivity contribution is 6.07. The summed E-state index contributed by atoms with van der Waals surface area (Å²) in [6, 6.07) is 4.21. The molecule has 1 aliphatic heterocycles. The van der Waals surface area contributed by atoms with Crippen molar-refractivity contribution in [2.45, 2.75) is 65.5 Å². The number of benzene rings is 1. The summed E-state index contributed by atoms with van der Waals surface area (Å²) in [7, 11) is 0. The Hall–Kier alpha value is -3.63. The van der Waals surface area contributed by atoms with Gasteiger partial charge in [-0.2, -0.15) is 0 Å². The molecule has 0 saturated heterocycles. The van der Waals surface area contributed by atoms with Crippen molar-refractivity contribution in [2.75, 3.05) is 18.1 Å². The lowest BCUT2D eigenvalue weighted by atomic mass is 9.82. The van der Waals surface area contributed by atoms with Gasteiger partial charge in [-0.05, 0) is 46.1 Å². The van der Waals surface area contributed by atoms with Crippen molar-refractivity contribution in [1.82, 2.24) is 15.0 Å². The van der Waals surface area contributed by atoms with E-state index in [0.29, 0.717) is 30.8 Å². The minimum Gasteiger partial charge on any atom is -0.396 e. The molecule has 2 atom stereocenters. The molecule has 0 saturated carbocycles. The molecule has 38 heavy (non-hydrogen) atoms. The smallest absolute Gasteiger partial charge is 0.269 e. The Morgan fingerprint density at radius 2 is 2.00 bits per heavy atom. The highest BCUT2D eigenvalue weighted by Crippen LogP contribution is 2.46. The predicted molar refractivity (Wildman–Crippen MR) is 146 cm³/mol. The fourth-order valence-electron chi connectivity index (χ4n) is 4.49. The fraction of sp³-hybridized carbons (Fsp3) is 0.464. The summed E-state index contributed by atoms with van der Waals surface area (Å²) < 4.78 is 1.67. The molecular weight excluding hydrogens is 486 g/mol. The number of amides is 1. The first-order valence-corrected chi connectivity index (χ1v) is 12.9. The van der Waals surface area contributed by atoms with Crippen LogP contribution < -0.4 is 4.90 Å². The Morgan fingerprint density at radius 3 is 2.68 bits per heavy atom. The second-order valence-corrected chi connectivity index (χ2v) is 9.96. The van der Waals surface area contributed by atoms with E-state index in [0.717, 1.165) is 18.4 Å². The molecule has 1 aromatic heterocycles. The molecule has 204 valence electrons. The van der Waals surface area contributed by atoms with Gasteiger partial charge < -0.3 is 15.1 Å². The molecule has 0 radical (unpaired) electrons. The summed E-state index contributed by atoms with van der Waals surface area (Å²) in [6.07, 6.45) is 12.3. The Morgan fingerprint density at radius 1 is 1.24 bits per heavy atom. The third-order valence-corrected chi connectivity index (χ3v) is 6.74. The van der Waals surface area contributed by atoms with Gasteiger partial charge in [-0.1, -0.05) is 47.6 Å². The maximum atomic E-state index is 13.6. The zero-order valence-electron chi connectivity index (χ0n) is 22.5. The number of nitrogens with zero attached hydrogens (tertiary/aromatic N) is 5. The lowest BCUT2D eigenvalue weighted by Gasteiger charge is -2.27. The van der Waals surface area contributed by atoms with Crippen LogP contribution in [0.3, 0.4) is 0 Å². The topological polar surface area (TPSA) is 135 Å². The number of nitro groups is 1. The van der Waals surface area contributed by atoms with Gasteiger partial charge in [0.1, 0.15) is 0 Å². The Labute approximate surface area is 223 Å². The molecule has 2 heterocycles. The number of aryl methyl sites for hydroxylation is 1. The monoisotopic (exact) mass is 523 g/mol. The van der Waals surface area contributed by atoms with Crippen LogP contribution in [0, 0.1) is 16.0 Å². The Bertz CT molecular complexity index is 1240. The third-order valence-electron chi connectivity index (χ3n) is 6.74. The lowest BCUT2D eigenvalue weighted by molar-refractivity contribution is -0.385. The van der Waals surface area contributed by atoms with Crippen LogP contribution in [-0.2, 0) is 23.4 Å². The van der Waals surface area contributed by atoms with Crippen LogP contribution >= 0.6 is 0 Å². The van der Waals surface area contributed by atoms with Gasteiger partial charge in [-0.3, -0.25) is 19.6 Å². The first kappa shape index (κ1) is 28.9. The van der Waals surface area contributed by atoms with Gasteiger partial charge in [-0.15, -0.1) is 5.10 Å². The second-order valence-electron chi connectivity index (χ2n) is 9.96. The van der Waals surface area contributed by atoms with E-state index in [4.69, 9.17) is 5.11 Å². The number of anilines is 1. The van der Waals surface area contributed by atoms with E-state index in [1.165, 1.54) is 22.6 Å². The minimum atomic E-state index is -1.93. The van der Waals surface area contributed by atoms with Crippen molar-refractivity contribution in [3.63, 3.8) is 0 Å². The molecule has 0 fully saturated rings. The molecule has 0 spiro atoms. The van der Waals surface area contributed by atoms with E-state index < -0.39 is 22.3 Å². The Kier molecular flexibility index (Phi) is 9.71. The number of carbonyl (C=O) groups is 1. The summed E-state index contributed by atoms with van der Waals surface area (Å²) >= 11 is 0. The van der Waals surface area contributed by atoms with Crippen molar-refractivity contribution in [3.05, 3.63) is 81.2 Å². The van der Waals surface area contributed by atoms with Gasteiger partial charge in [-0.25, -0.2) is 0 Å². The number of aromatic nitrogens is 3. The zero-order chi connectivity index (χ0) is 27.9. The summed E-state index contributed by atoms with van der Waals surface area (Å²) in [5, 5.41) is 40.3. The third kappa shape index (κ3) is 6.62. The van der Waals surface area contributed by atoms with Crippen LogP contribution in [0.5, 0.6) is 0 Å². The van der Waals surface area contributed by atoms with Crippen LogP contribution in [0.2, 0.25) is 0 Å².